The summed E-state index contributed by atoms with van der Waals surface area (Å²) in [4.78, 5) is 0. The van der Waals surface area contributed by atoms with Gasteiger partial charge in [-0.2, -0.15) is 0 Å². The molecular weight excluding hydrogens is 839 g/mol. The van der Waals surface area contributed by atoms with E-state index in [1.807, 2.05) is 25.2 Å². The molecule has 0 atom stereocenters. The van der Waals surface area contributed by atoms with Gasteiger partial charge in [0.05, 0.1) is 0 Å². The zero-order valence-electron chi connectivity index (χ0n) is 23.9. The Balaban J connectivity index is -0.0000000322. The summed E-state index contributed by atoms with van der Waals surface area (Å²) in [6.45, 7) is 52.2. The van der Waals surface area contributed by atoms with E-state index in [0.717, 1.165) is 18.1 Å². The van der Waals surface area contributed by atoms with Gasteiger partial charge in [0.1, 0.15) is 0 Å². The predicted molar refractivity (Wildman–Crippen MR) is 175 cm³/mol. The summed E-state index contributed by atoms with van der Waals surface area (Å²) in [5.74, 6) is 0. The minimum absolute atomic E-state index is 0. The van der Waals surface area contributed by atoms with E-state index in [1.165, 1.54) is 0 Å². The monoisotopic (exact) mass is 900 g/mol. The molecule has 0 aliphatic carbocycles. The van der Waals surface area contributed by atoms with Gasteiger partial charge in [-0.1, -0.05) is 133 Å². The number of rotatable bonds is 6. The fourth-order valence-corrected chi connectivity index (χ4v) is 3.52. The van der Waals surface area contributed by atoms with Gasteiger partial charge in [0.2, 0.25) is 0 Å². The van der Waals surface area contributed by atoms with Crippen molar-refractivity contribution in [1.29, 1.82) is 0 Å². The molecule has 0 aliphatic rings. The number of hydrogen-bond acceptors (Lipinski definition) is 0. The molecule has 0 N–H and O–H groups in total. The smallest absolute Gasteiger partial charge is 0.342 e. The summed E-state index contributed by atoms with van der Waals surface area (Å²) >= 11 is 0. The third kappa shape index (κ3) is 203. The van der Waals surface area contributed by atoms with E-state index >= 15 is 0 Å². The standard InChI is InChI=1S/3C6H13Si.C4H11Si.C3H6.C2H2.CH4.2Pt/c3*1-5-6-7(2,3)4;1-5(2,3)4;1-3-2;1-2;;;/h3*5H,1-2,6H2,3-4H3;1H2,2-4H3;3H,1H2,2H3;1-2H;1H4;;/q4*-1;;;;2*+2. The third-order valence-corrected chi connectivity index (χ3v) is 6.27. The first-order valence-corrected chi connectivity index (χ1v) is 24.7. The molecule has 0 amide bonds. The summed E-state index contributed by atoms with van der Waals surface area (Å²) < 4.78 is 0. The molecular formula is C28H62Pt2Si4. The van der Waals surface area contributed by atoms with Crippen molar-refractivity contribution < 1.29 is 42.1 Å². The first kappa shape index (κ1) is 59.7. The van der Waals surface area contributed by atoms with E-state index < -0.39 is 32.3 Å². The van der Waals surface area contributed by atoms with Crippen LogP contribution in [0.1, 0.15) is 14.4 Å². The van der Waals surface area contributed by atoms with Crippen LogP contribution in [0.2, 0.25) is 77.1 Å². The number of hydrogen-bond donors (Lipinski definition) is 0. The van der Waals surface area contributed by atoms with Gasteiger partial charge in [0, 0.05) is 0 Å². The first-order valence-electron chi connectivity index (χ1n) is 10.7. The minimum atomic E-state index is -1.03. The SMILES string of the molecule is C.C#C.C=CC.C=CC[Si]([CH2-])(C)C.C=CC[Si]([CH2-])(C)C.C=CC[Si]([CH2-])(C)C.[CH2-][Si](C)(C)C.[Pt+2].[Pt+2]. The Morgan fingerprint density at radius 2 is 0.647 bits per heavy atom. The van der Waals surface area contributed by atoms with Crippen LogP contribution in [0.15, 0.2) is 50.6 Å². The van der Waals surface area contributed by atoms with Crippen LogP contribution in [0, 0.1) is 39.0 Å². The van der Waals surface area contributed by atoms with E-state index in [2.05, 4.69) is 124 Å². The van der Waals surface area contributed by atoms with Crippen LogP contribution in [0.3, 0.4) is 0 Å². The Kier molecular flexibility index (Phi) is 63.1. The zero-order chi connectivity index (χ0) is 26.9. The zero-order valence-corrected chi connectivity index (χ0v) is 32.4. The van der Waals surface area contributed by atoms with Crippen LogP contribution in [-0.4, -0.2) is 32.3 Å². The summed E-state index contributed by atoms with van der Waals surface area (Å²) in [6, 6.07) is 3.40. The molecule has 0 radical (unpaired) electrons. The average molecular weight is 901 g/mol. The summed E-state index contributed by atoms with van der Waals surface area (Å²) in [5.41, 5.74) is 0. The van der Waals surface area contributed by atoms with Gasteiger partial charge in [-0.3, -0.25) is 0 Å². The van der Waals surface area contributed by atoms with E-state index in [4.69, 9.17) is 0 Å². The Morgan fingerprint density at radius 1 is 0.559 bits per heavy atom. The molecule has 0 aromatic heterocycles. The van der Waals surface area contributed by atoms with E-state index in [1.54, 1.807) is 6.08 Å². The van der Waals surface area contributed by atoms with Crippen LogP contribution in [-0.2, 0) is 42.1 Å². The second-order valence-electron chi connectivity index (χ2n) is 10.9. The van der Waals surface area contributed by atoms with Crippen molar-refractivity contribution in [2.24, 2.45) is 0 Å². The van der Waals surface area contributed by atoms with Crippen LogP contribution in [0.5, 0.6) is 0 Å². The maximum atomic E-state index is 4.03. The van der Waals surface area contributed by atoms with Crippen LogP contribution in [0.4, 0.5) is 0 Å². The number of terminal acetylenes is 1. The fraction of sp³-hybridized carbons (Fsp3) is 0.500. The Hall–Kier alpha value is 0.764. The molecule has 6 heteroatoms. The molecule has 0 saturated carbocycles. The quantitative estimate of drug-likeness (QED) is 0.108. The topological polar surface area (TPSA) is 0 Å². The second kappa shape index (κ2) is 35.9. The van der Waals surface area contributed by atoms with Crippen LogP contribution < -0.4 is 0 Å². The molecule has 0 aromatic rings. The predicted octanol–water partition coefficient (Wildman–Crippen LogP) is 10.5. The van der Waals surface area contributed by atoms with E-state index in [0.29, 0.717) is 0 Å². The van der Waals surface area contributed by atoms with Crippen molar-refractivity contribution in [3.8, 4) is 12.8 Å². The fourth-order valence-electron chi connectivity index (χ4n) is 1.17. The van der Waals surface area contributed by atoms with Crippen molar-refractivity contribution in [1.82, 2.24) is 0 Å². The molecule has 0 heterocycles. The second-order valence-corrected chi connectivity index (χ2v) is 30.3. The van der Waals surface area contributed by atoms with Crippen LogP contribution >= 0.6 is 0 Å². The van der Waals surface area contributed by atoms with Crippen molar-refractivity contribution >= 4 is 32.3 Å². The third-order valence-electron chi connectivity index (χ3n) is 2.09. The van der Waals surface area contributed by atoms with Crippen LogP contribution in [0.25, 0.3) is 0 Å². The van der Waals surface area contributed by atoms with Gasteiger partial charge in [0.15, 0.2) is 0 Å². The molecule has 0 aromatic carbocycles. The molecule has 0 bridgehead atoms. The first-order chi connectivity index (χ1) is 13.6. The molecule has 0 unspecified atom stereocenters. The Bertz CT molecular complexity index is 377. The van der Waals surface area contributed by atoms with Gasteiger partial charge < -0.3 is 26.2 Å². The molecule has 210 valence electrons. The molecule has 0 rings (SSSR count). The van der Waals surface area contributed by atoms with Crippen molar-refractivity contribution in [2.75, 3.05) is 0 Å². The van der Waals surface area contributed by atoms with Gasteiger partial charge in [-0.05, 0) is 6.92 Å². The summed E-state index contributed by atoms with van der Waals surface area (Å²) in [7, 11) is -3.94. The van der Waals surface area contributed by atoms with Gasteiger partial charge >= 0.3 is 42.1 Å². The number of allylic oxidation sites excluding steroid dienone is 4. The molecule has 0 aliphatic heterocycles. The van der Waals surface area contributed by atoms with Crippen molar-refractivity contribution in [3.63, 3.8) is 0 Å². The van der Waals surface area contributed by atoms with Gasteiger partial charge in [0.25, 0.3) is 0 Å². The normalized spacial score (nSPS) is 9.18. The maximum absolute atomic E-state index is 4.03. The average Bonchev–Trinajstić information content (AvgIpc) is 2.46. The van der Waals surface area contributed by atoms with Gasteiger partial charge in [-0.15, -0.1) is 47.2 Å². The maximum Gasteiger partial charge on any atom is 2.00 e. The summed E-state index contributed by atoms with van der Waals surface area (Å²) in [5, 5.41) is 0. The Morgan fingerprint density at radius 3 is 0.647 bits per heavy atom. The van der Waals surface area contributed by atoms with Crippen molar-refractivity contribution in [3.05, 3.63) is 76.8 Å². The molecule has 0 fully saturated rings. The largest absolute Gasteiger partial charge is 2.00 e. The van der Waals surface area contributed by atoms with E-state index in [-0.39, 0.29) is 49.6 Å². The molecule has 0 saturated heterocycles. The molecule has 34 heavy (non-hydrogen) atoms. The van der Waals surface area contributed by atoms with Crippen molar-refractivity contribution in [2.45, 2.75) is 91.4 Å². The van der Waals surface area contributed by atoms with E-state index in [9.17, 15) is 0 Å². The summed E-state index contributed by atoms with van der Waals surface area (Å²) in [6.07, 6.45) is 15.6. The minimum Gasteiger partial charge on any atom is -0.342 e. The molecule has 0 spiro atoms. The molecule has 0 nitrogen and oxygen atoms in total. The Labute approximate surface area is 253 Å². The van der Waals surface area contributed by atoms with Gasteiger partial charge in [-0.25, -0.2) is 0 Å².